The maximum Gasteiger partial charge on any atom is 0.262 e. The second kappa shape index (κ2) is 8.06. The molecule has 1 fully saturated rings. The Labute approximate surface area is 152 Å². The number of hydrogen-bond acceptors (Lipinski definition) is 4. The number of hydrogen-bond donors (Lipinski definition) is 1. The number of aromatic nitrogens is 1. The highest BCUT2D eigenvalue weighted by molar-refractivity contribution is 6.42. The van der Waals surface area contributed by atoms with Crippen LogP contribution in [0.1, 0.15) is 18.5 Å². The summed E-state index contributed by atoms with van der Waals surface area (Å²) in [6.45, 7) is 4.64. The van der Waals surface area contributed by atoms with Crippen LogP contribution < -0.4 is 14.8 Å². The van der Waals surface area contributed by atoms with E-state index in [0.717, 1.165) is 18.8 Å². The van der Waals surface area contributed by atoms with Crippen LogP contribution >= 0.6 is 23.2 Å². The largest absolute Gasteiger partial charge is 0.488 e. The van der Waals surface area contributed by atoms with Crippen LogP contribution in [0.15, 0.2) is 30.3 Å². The van der Waals surface area contributed by atoms with Gasteiger partial charge in [0.05, 0.1) is 16.7 Å². The molecule has 0 amide bonds. The number of nitrogens with zero attached hydrogens (tertiary/aromatic N) is 1. The Balaban J connectivity index is 1.73. The van der Waals surface area contributed by atoms with Crippen LogP contribution in [-0.4, -0.2) is 24.7 Å². The Hall–Kier alpha value is -1.49. The second-order valence-corrected chi connectivity index (χ2v) is 6.77. The Bertz CT molecular complexity index is 703. The minimum atomic E-state index is 0.442. The summed E-state index contributed by atoms with van der Waals surface area (Å²) in [5.41, 5.74) is 0.858. The zero-order valence-electron chi connectivity index (χ0n) is 13.5. The highest BCUT2D eigenvalue weighted by Gasteiger charge is 2.16. The van der Waals surface area contributed by atoms with Crippen LogP contribution in [0.5, 0.6) is 17.4 Å². The van der Waals surface area contributed by atoms with Crippen molar-refractivity contribution >= 4 is 23.2 Å². The van der Waals surface area contributed by atoms with E-state index in [2.05, 4.69) is 10.3 Å². The van der Waals surface area contributed by atoms with Crippen molar-refractivity contribution in [2.45, 2.75) is 19.8 Å². The molecule has 0 bridgehead atoms. The van der Waals surface area contributed by atoms with E-state index in [1.165, 1.54) is 12.8 Å². The molecule has 6 heteroatoms. The van der Waals surface area contributed by atoms with Crippen LogP contribution in [0.4, 0.5) is 0 Å². The van der Waals surface area contributed by atoms with Gasteiger partial charge in [0, 0.05) is 24.2 Å². The van der Waals surface area contributed by atoms with Crippen LogP contribution in [0.3, 0.4) is 0 Å². The lowest BCUT2D eigenvalue weighted by atomic mass is 10.0. The maximum atomic E-state index is 6.04. The van der Waals surface area contributed by atoms with Crippen molar-refractivity contribution in [3.8, 4) is 17.4 Å². The smallest absolute Gasteiger partial charge is 0.262 e. The fourth-order valence-corrected chi connectivity index (χ4v) is 2.92. The van der Waals surface area contributed by atoms with Crippen LogP contribution in [0.25, 0.3) is 0 Å². The highest BCUT2D eigenvalue weighted by Crippen LogP contribution is 2.33. The van der Waals surface area contributed by atoms with Gasteiger partial charge in [-0.1, -0.05) is 23.2 Å². The number of benzene rings is 1. The SMILES string of the molecule is Cc1ccc(OCC2CCCNC2)c(Oc2ccc(Cl)c(Cl)c2)n1. The molecule has 1 aromatic carbocycles. The van der Waals surface area contributed by atoms with Crippen molar-refractivity contribution in [3.05, 3.63) is 46.1 Å². The first-order valence-electron chi connectivity index (χ1n) is 8.06. The summed E-state index contributed by atoms with van der Waals surface area (Å²) in [4.78, 5) is 4.45. The standard InChI is InChI=1S/C18H20Cl2N2O2/c1-12-4-7-17(23-11-13-3-2-8-21-10-13)18(22-12)24-14-5-6-15(19)16(20)9-14/h4-7,9,13,21H,2-3,8,10-11H2,1H3. The number of aryl methyl sites for hydroxylation is 1. The third-order valence-electron chi connectivity index (χ3n) is 3.94. The van der Waals surface area contributed by atoms with E-state index in [0.29, 0.717) is 39.9 Å². The minimum Gasteiger partial charge on any atom is -0.488 e. The van der Waals surface area contributed by atoms with Crippen molar-refractivity contribution in [2.75, 3.05) is 19.7 Å². The van der Waals surface area contributed by atoms with Crippen LogP contribution in [0, 0.1) is 12.8 Å². The predicted octanol–water partition coefficient (Wildman–Crippen LogP) is 4.87. The lowest BCUT2D eigenvalue weighted by molar-refractivity contribution is 0.211. The summed E-state index contributed by atoms with van der Waals surface area (Å²) >= 11 is 12.0. The molecule has 128 valence electrons. The predicted molar refractivity (Wildman–Crippen MR) is 96.6 cm³/mol. The second-order valence-electron chi connectivity index (χ2n) is 5.96. The molecule has 2 heterocycles. The molecule has 4 nitrogen and oxygen atoms in total. The van der Waals surface area contributed by atoms with E-state index < -0.39 is 0 Å². The summed E-state index contributed by atoms with van der Waals surface area (Å²) < 4.78 is 11.8. The summed E-state index contributed by atoms with van der Waals surface area (Å²) in [6.07, 6.45) is 2.36. The number of ether oxygens (including phenoxy) is 2. The van der Waals surface area contributed by atoms with E-state index in [1.54, 1.807) is 18.2 Å². The molecule has 2 aromatic rings. The zero-order chi connectivity index (χ0) is 16.9. The van der Waals surface area contributed by atoms with E-state index in [1.807, 2.05) is 19.1 Å². The average Bonchev–Trinajstić information content (AvgIpc) is 2.58. The van der Waals surface area contributed by atoms with Gasteiger partial charge >= 0.3 is 0 Å². The van der Waals surface area contributed by atoms with Crippen molar-refractivity contribution in [2.24, 2.45) is 5.92 Å². The Kier molecular flexibility index (Phi) is 5.82. The molecule has 24 heavy (non-hydrogen) atoms. The van der Waals surface area contributed by atoms with Gasteiger partial charge in [-0.2, -0.15) is 0 Å². The van der Waals surface area contributed by atoms with E-state index >= 15 is 0 Å². The number of rotatable bonds is 5. The highest BCUT2D eigenvalue weighted by atomic mass is 35.5. The van der Waals surface area contributed by atoms with E-state index in [-0.39, 0.29) is 0 Å². The van der Waals surface area contributed by atoms with Gasteiger partial charge in [0.2, 0.25) is 0 Å². The lowest BCUT2D eigenvalue weighted by Gasteiger charge is -2.23. The Morgan fingerprint density at radius 1 is 1.21 bits per heavy atom. The molecule has 0 spiro atoms. The Morgan fingerprint density at radius 2 is 2.08 bits per heavy atom. The molecule has 1 aliphatic heterocycles. The van der Waals surface area contributed by atoms with Gasteiger partial charge in [-0.15, -0.1) is 0 Å². The number of nitrogens with one attached hydrogen (secondary N) is 1. The van der Waals surface area contributed by atoms with Gasteiger partial charge in [0.25, 0.3) is 5.88 Å². The molecule has 1 atom stereocenters. The first-order valence-corrected chi connectivity index (χ1v) is 8.81. The van der Waals surface area contributed by atoms with Gasteiger partial charge in [0.15, 0.2) is 5.75 Å². The molecular weight excluding hydrogens is 347 g/mol. The fraction of sp³-hybridized carbons (Fsp3) is 0.389. The summed E-state index contributed by atoms with van der Waals surface area (Å²) in [5.74, 6) is 2.17. The molecule has 1 N–H and O–H groups in total. The minimum absolute atomic E-state index is 0.442. The number of pyridine rings is 1. The van der Waals surface area contributed by atoms with Crippen LogP contribution in [-0.2, 0) is 0 Å². The van der Waals surface area contributed by atoms with Crippen molar-refractivity contribution < 1.29 is 9.47 Å². The monoisotopic (exact) mass is 366 g/mol. The zero-order valence-corrected chi connectivity index (χ0v) is 15.0. The fourth-order valence-electron chi connectivity index (χ4n) is 2.63. The molecule has 3 rings (SSSR count). The quantitative estimate of drug-likeness (QED) is 0.819. The molecule has 0 radical (unpaired) electrons. The van der Waals surface area contributed by atoms with E-state index in [4.69, 9.17) is 32.7 Å². The van der Waals surface area contributed by atoms with Gasteiger partial charge < -0.3 is 14.8 Å². The van der Waals surface area contributed by atoms with Gasteiger partial charge in [-0.25, -0.2) is 4.98 Å². The van der Waals surface area contributed by atoms with Gasteiger partial charge in [-0.3, -0.25) is 0 Å². The number of halogens is 2. The molecule has 1 aromatic heterocycles. The lowest BCUT2D eigenvalue weighted by Crippen LogP contribution is -2.33. The molecule has 0 saturated carbocycles. The first kappa shape index (κ1) is 17.3. The normalized spacial score (nSPS) is 17.5. The number of piperidine rings is 1. The third-order valence-corrected chi connectivity index (χ3v) is 4.68. The van der Waals surface area contributed by atoms with Crippen molar-refractivity contribution in [1.29, 1.82) is 0 Å². The summed E-state index contributed by atoms with van der Waals surface area (Å²) in [5, 5.41) is 4.32. The molecule has 1 saturated heterocycles. The average molecular weight is 367 g/mol. The van der Waals surface area contributed by atoms with Crippen molar-refractivity contribution in [3.63, 3.8) is 0 Å². The molecular formula is C18H20Cl2N2O2. The summed E-state index contributed by atoms with van der Waals surface area (Å²) in [7, 11) is 0. The Morgan fingerprint density at radius 3 is 2.83 bits per heavy atom. The molecule has 1 unspecified atom stereocenters. The topological polar surface area (TPSA) is 43.4 Å². The maximum absolute atomic E-state index is 6.04. The summed E-state index contributed by atoms with van der Waals surface area (Å²) in [6, 6.07) is 8.93. The van der Waals surface area contributed by atoms with Gasteiger partial charge in [0.1, 0.15) is 5.75 Å². The van der Waals surface area contributed by atoms with Crippen molar-refractivity contribution in [1.82, 2.24) is 10.3 Å². The van der Waals surface area contributed by atoms with E-state index in [9.17, 15) is 0 Å². The van der Waals surface area contributed by atoms with Crippen LogP contribution in [0.2, 0.25) is 10.0 Å². The third kappa shape index (κ3) is 4.53. The van der Waals surface area contributed by atoms with Gasteiger partial charge in [-0.05, 0) is 50.6 Å². The first-order chi connectivity index (χ1) is 11.6. The molecule has 1 aliphatic rings. The molecule has 0 aliphatic carbocycles.